The Labute approximate surface area is 168 Å². The molecular formula is C22H21FN2O4. The van der Waals surface area contributed by atoms with E-state index in [0.717, 1.165) is 5.69 Å². The van der Waals surface area contributed by atoms with E-state index in [2.05, 4.69) is 0 Å². The summed E-state index contributed by atoms with van der Waals surface area (Å²) < 4.78 is 25.7. The van der Waals surface area contributed by atoms with Gasteiger partial charge >= 0.3 is 5.97 Å². The van der Waals surface area contributed by atoms with Crippen LogP contribution in [0.1, 0.15) is 15.9 Å². The molecule has 0 bridgehead atoms. The summed E-state index contributed by atoms with van der Waals surface area (Å²) in [5.41, 5.74) is 1.77. The van der Waals surface area contributed by atoms with Gasteiger partial charge in [-0.2, -0.15) is 0 Å². The van der Waals surface area contributed by atoms with Crippen LogP contribution >= 0.6 is 0 Å². The van der Waals surface area contributed by atoms with Crippen molar-refractivity contribution in [2.75, 3.05) is 20.8 Å². The molecule has 3 aromatic rings. The second-order valence-corrected chi connectivity index (χ2v) is 6.44. The third-order valence-corrected chi connectivity index (χ3v) is 4.37. The summed E-state index contributed by atoms with van der Waals surface area (Å²) in [5, 5.41) is 0. The Hall–Kier alpha value is -3.61. The molecule has 150 valence electrons. The van der Waals surface area contributed by atoms with Crippen molar-refractivity contribution in [1.82, 2.24) is 9.47 Å². The Balaban J connectivity index is 1.56. The first-order chi connectivity index (χ1) is 14.0. The first-order valence-corrected chi connectivity index (χ1v) is 8.95. The Kier molecular flexibility index (Phi) is 6.29. The van der Waals surface area contributed by atoms with Crippen molar-refractivity contribution in [1.29, 1.82) is 0 Å². The molecule has 6 nitrogen and oxygen atoms in total. The predicted molar refractivity (Wildman–Crippen MR) is 105 cm³/mol. The fourth-order valence-corrected chi connectivity index (χ4v) is 2.79. The zero-order chi connectivity index (χ0) is 20.8. The first-order valence-electron chi connectivity index (χ1n) is 8.95. The second-order valence-electron chi connectivity index (χ2n) is 6.44. The Morgan fingerprint density at radius 3 is 2.52 bits per heavy atom. The summed E-state index contributed by atoms with van der Waals surface area (Å²) in [6, 6.07) is 15.2. The highest BCUT2D eigenvalue weighted by atomic mass is 19.1. The van der Waals surface area contributed by atoms with Crippen LogP contribution in [0.25, 0.3) is 5.69 Å². The number of carbonyl (C=O) groups excluding carboxylic acids is 2. The molecule has 0 radical (unpaired) electrons. The molecule has 1 heterocycles. The zero-order valence-corrected chi connectivity index (χ0v) is 16.2. The Morgan fingerprint density at radius 1 is 1.07 bits per heavy atom. The molecule has 0 atom stereocenters. The van der Waals surface area contributed by atoms with E-state index in [1.807, 2.05) is 35.2 Å². The van der Waals surface area contributed by atoms with Gasteiger partial charge < -0.3 is 18.9 Å². The van der Waals surface area contributed by atoms with Gasteiger partial charge in [-0.25, -0.2) is 9.18 Å². The largest absolute Gasteiger partial charge is 0.494 e. The third-order valence-electron chi connectivity index (χ3n) is 4.37. The van der Waals surface area contributed by atoms with Crippen LogP contribution in [0.4, 0.5) is 4.39 Å². The number of hydrogen-bond acceptors (Lipinski definition) is 4. The average molecular weight is 396 g/mol. The molecular weight excluding hydrogens is 375 g/mol. The molecule has 0 spiro atoms. The minimum atomic E-state index is -0.587. The minimum Gasteiger partial charge on any atom is -0.494 e. The molecule has 0 aliphatic heterocycles. The van der Waals surface area contributed by atoms with Crippen LogP contribution in [0.5, 0.6) is 5.75 Å². The van der Waals surface area contributed by atoms with Crippen molar-refractivity contribution >= 4 is 11.9 Å². The van der Waals surface area contributed by atoms with E-state index in [0.29, 0.717) is 11.1 Å². The van der Waals surface area contributed by atoms with Crippen molar-refractivity contribution in [3.63, 3.8) is 0 Å². The normalized spacial score (nSPS) is 10.4. The molecule has 0 N–H and O–H groups in total. The van der Waals surface area contributed by atoms with Crippen molar-refractivity contribution in [2.24, 2.45) is 0 Å². The van der Waals surface area contributed by atoms with Gasteiger partial charge in [-0.1, -0.05) is 12.1 Å². The summed E-state index contributed by atoms with van der Waals surface area (Å²) in [5.74, 6) is -1.34. The summed E-state index contributed by atoms with van der Waals surface area (Å²) in [6.45, 7) is -0.220. The van der Waals surface area contributed by atoms with Gasteiger partial charge in [-0.3, -0.25) is 4.79 Å². The fraction of sp³-hybridized carbons (Fsp3) is 0.182. The molecule has 0 aliphatic rings. The number of ether oxygens (including phenoxy) is 2. The lowest BCUT2D eigenvalue weighted by atomic mass is 10.2. The number of likely N-dealkylation sites (N-methyl/N-ethyl adjacent to an activating group) is 1. The number of aromatic nitrogens is 1. The monoisotopic (exact) mass is 396 g/mol. The molecule has 1 aromatic heterocycles. The summed E-state index contributed by atoms with van der Waals surface area (Å²) in [4.78, 5) is 25.9. The lowest BCUT2D eigenvalue weighted by Crippen LogP contribution is -2.30. The van der Waals surface area contributed by atoms with E-state index in [4.69, 9.17) is 9.47 Å². The molecule has 0 unspecified atom stereocenters. The van der Waals surface area contributed by atoms with Crippen molar-refractivity contribution in [3.8, 4) is 11.4 Å². The van der Waals surface area contributed by atoms with Crippen LogP contribution < -0.4 is 4.74 Å². The standard InChI is InChI=1S/C22H21FN2O4/c1-24(14-16-8-9-20(28-2)19(23)12-16)21(26)15-29-22(27)17-6-5-7-18(13-17)25-10-3-4-11-25/h3-13H,14-15H2,1-2H3. The lowest BCUT2D eigenvalue weighted by Gasteiger charge is -2.17. The molecule has 0 saturated carbocycles. The van der Waals surface area contributed by atoms with Crippen molar-refractivity contribution in [3.05, 3.63) is 83.9 Å². The van der Waals surface area contributed by atoms with E-state index < -0.39 is 24.3 Å². The highest BCUT2D eigenvalue weighted by Gasteiger charge is 2.15. The Morgan fingerprint density at radius 2 is 1.83 bits per heavy atom. The SMILES string of the molecule is COc1ccc(CN(C)C(=O)COC(=O)c2cccc(-n3cccc3)c2)cc1F. The number of halogens is 1. The topological polar surface area (TPSA) is 60.8 Å². The zero-order valence-electron chi connectivity index (χ0n) is 16.2. The number of amides is 1. The first kappa shape index (κ1) is 20.1. The number of nitrogens with zero attached hydrogens (tertiary/aromatic N) is 2. The predicted octanol–water partition coefficient (Wildman–Crippen LogP) is 3.44. The van der Waals surface area contributed by atoms with Gasteiger partial charge in [-0.05, 0) is 48.0 Å². The Bertz CT molecular complexity index is 1000. The number of carbonyl (C=O) groups is 2. The second kappa shape index (κ2) is 9.05. The summed E-state index contributed by atoms with van der Waals surface area (Å²) in [7, 11) is 2.95. The van der Waals surface area contributed by atoms with E-state index in [9.17, 15) is 14.0 Å². The molecule has 29 heavy (non-hydrogen) atoms. The van der Waals surface area contributed by atoms with Gasteiger partial charge in [0.25, 0.3) is 5.91 Å². The average Bonchev–Trinajstić information content (AvgIpc) is 3.27. The van der Waals surface area contributed by atoms with Crippen LogP contribution in [0.2, 0.25) is 0 Å². The number of hydrogen-bond donors (Lipinski definition) is 0. The fourth-order valence-electron chi connectivity index (χ4n) is 2.79. The molecule has 2 aromatic carbocycles. The van der Waals surface area contributed by atoms with Gasteiger partial charge in [0, 0.05) is 31.7 Å². The quantitative estimate of drug-likeness (QED) is 0.574. The summed E-state index contributed by atoms with van der Waals surface area (Å²) in [6.07, 6.45) is 3.73. The maximum absolute atomic E-state index is 13.8. The molecule has 0 fully saturated rings. The van der Waals surface area contributed by atoms with E-state index in [1.165, 1.54) is 24.1 Å². The van der Waals surface area contributed by atoms with Crippen LogP contribution in [-0.2, 0) is 16.1 Å². The van der Waals surface area contributed by atoms with E-state index in [-0.39, 0.29) is 12.3 Å². The lowest BCUT2D eigenvalue weighted by molar-refractivity contribution is -0.133. The highest BCUT2D eigenvalue weighted by molar-refractivity contribution is 5.91. The minimum absolute atomic E-state index is 0.138. The van der Waals surface area contributed by atoms with Crippen LogP contribution in [-0.4, -0.2) is 42.1 Å². The number of rotatable bonds is 7. The van der Waals surface area contributed by atoms with Gasteiger partial charge in [0.2, 0.25) is 0 Å². The molecule has 7 heteroatoms. The molecule has 1 amide bonds. The van der Waals surface area contributed by atoms with E-state index >= 15 is 0 Å². The van der Waals surface area contributed by atoms with Gasteiger partial charge in [0.05, 0.1) is 12.7 Å². The van der Waals surface area contributed by atoms with Gasteiger partial charge in [-0.15, -0.1) is 0 Å². The third kappa shape index (κ3) is 5.01. The van der Waals surface area contributed by atoms with E-state index in [1.54, 1.807) is 31.3 Å². The number of benzene rings is 2. The maximum atomic E-state index is 13.8. The van der Waals surface area contributed by atoms with Gasteiger partial charge in [0.1, 0.15) is 0 Å². The van der Waals surface area contributed by atoms with Crippen molar-refractivity contribution in [2.45, 2.75) is 6.54 Å². The summed E-state index contributed by atoms with van der Waals surface area (Å²) >= 11 is 0. The van der Waals surface area contributed by atoms with Crippen molar-refractivity contribution < 1.29 is 23.5 Å². The van der Waals surface area contributed by atoms with Crippen LogP contribution in [0.15, 0.2) is 67.0 Å². The molecule has 0 aliphatic carbocycles. The molecule has 0 saturated heterocycles. The van der Waals surface area contributed by atoms with Gasteiger partial charge in [0.15, 0.2) is 18.2 Å². The number of esters is 1. The van der Waals surface area contributed by atoms with Crippen LogP contribution in [0, 0.1) is 5.82 Å². The highest BCUT2D eigenvalue weighted by Crippen LogP contribution is 2.18. The number of methoxy groups -OCH3 is 1. The molecule has 3 rings (SSSR count). The smallest absolute Gasteiger partial charge is 0.338 e. The maximum Gasteiger partial charge on any atom is 0.338 e. The van der Waals surface area contributed by atoms with Crippen LogP contribution in [0.3, 0.4) is 0 Å².